The van der Waals surface area contributed by atoms with Crippen molar-refractivity contribution in [3.63, 3.8) is 0 Å². The van der Waals surface area contributed by atoms with Crippen molar-refractivity contribution >= 4 is 34.5 Å². The second kappa shape index (κ2) is 14.0. The van der Waals surface area contributed by atoms with E-state index < -0.39 is 5.41 Å². The fraction of sp³-hybridized carbons (Fsp3) is 0.0577. The first-order valence-corrected chi connectivity index (χ1v) is 19.3. The van der Waals surface area contributed by atoms with Gasteiger partial charge >= 0.3 is 0 Å². The van der Waals surface area contributed by atoms with E-state index in [1.807, 2.05) is 30.5 Å². The highest BCUT2D eigenvalue weighted by Gasteiger charge is 2.53. The van der Waals surface area contributed by atoms with Gasteiger partial charge in [0.25, 0.3) is 0 Å². The first-order valence-electron chi connectivity index (χ1n) is 19.3. The maximum Gasteiger partial charge on any atom is 0.0901 e. The average Bonchev–Trinajstić information content (AvgIpc) is 3.56. The van der Waals surface area contributed by atoms with Crippen LogP contribution < -0.4 is 16.0 Å². The minimum absolute atomic E-state index is 0.378. The molecule has 1 atom stereocenters. The summed E-state index contributed by atoms with van der Waals surface area (Å²) in [6, 6.07) is 64.2. The van der Waals surface area contributed by atoms with Crippen LogP contribution in [0.4, 0.5) is 17.1 Å². The number of fused-ring (bicyclic) bond motifs is 8. The molecule has 2 aliphatic heterocycles. The highest BCUT2D eigenvalue weighted by Crippen LogP contribution is 2.62. The van der Waals surface area contributed by atoms with Crippen LogP contribution in [-0.2, 0) is 5.41 Å². The molecule has 268 valence electrons. The van der Waals surface area contributed by atoms with Crippen molar-refractivity contribution in [2.24, 2.45) is 10.7 Å². The summed E-state index contributed by atoms with van der Waals surface area (Å²) in [6.07, 6.45) is 8.57. The Morgan fingerprint density at radius 3 is 1.95 bits per heavy atom. The fourth-order valence-electron chi connectivity index (χ4n) is 8.81. The molecule has 0 fully saturated rings. The lowest BCUT2D eigenvalue weighted by Crippen LogP contribution is -2.41. The highest BCUT2D eigenvalue weighted by molar-refractivity contribution is 5.98. The zero-order chi connectivity index (χ0) is 37.5. The van der Waals surface area contributed by atoms with Crippen LogP contribution in [-0.4, -0.2) is 12.8 Å². The third-order valence-electron chi connectivity index (χ3n) is 11.3. The first kappa shape index (κ1) is 33.6. The molecule has 0 amide bonds. The van der Waals surface area contributed by atoms with E-state index in [1.54, 1.807) is 0 Å². The van der Waals surface area contributed by atoms with Crippen molar-refractivity contribution in [1.29, 1.82) is 0 Å². The minimum atomic E-state index is -0.590. The Balaban J connectivity index is 1.16. The SMILES string of the molecule is NC(/C=C(\N=C\c1ccccc1)c1ccc2c(c1)C1(C3=C2C=CCN3)c2ccccc2N(c2ccccc2)c2ccccc21)c1ccc(-c2ccccc2)cc1. The molecule has 4 heteroatoms. The molecule has 3 N–H and O–H groups in total. The normalized spacial score (nSPS) is 15.6. The van der Waals surface area contributed by atoms with Crippen molar-refractivity contribution < 1.29 is 0 Å². The number of dihydropyridines is 1. The summed E-state index contributed by atoms with van der Waals surface area (Å²) >= 11 is 0. The Bertz CT molecular complexity index is 2640. The number of anilines is 3. The van der Waals surface area contributed by atoms with Crippen LogP contribution in [0.3, 0.4) is 0 Å². The van der Waals surface area contributed by atoms with Crippen LogP contribution in [0.1, 0.15) is 45.0 Å². The largest absolute Gasteiger partial charge is 0.383 e. The molecule has 0 bridgehead atoms. The highest BCUT2D eigenvalue weighted by atomic mass is 15.2. The van der Waals surface area contributed by atoms with Crippen LogP contribution in [0, 0.1) is 0 Å². The molecule has 1 spiro atoms. The fourth-order valence-corrected chi connectivity index (χ4v) is 8.81. The number of aliphatic imine (C=N–C) groups is 1. The van der Waals surface area contributed by atoms with E-state index in [0.717, 1.165) is 51.6 Å². The van der Waals surface area contributed by atoms with Gasteiger partial charge in [-0.1, -0.05) is 164 Å². The Morgan fingerprint density at radius 2 is 1.25 bits per heavy atom. The average molecular weight is 721 g/mol. The maximum atomic E-state index is 7.05. The molecule has 56 heavy (non-hydrogen) atoms. The van der Waals surface area contributed by atoms with E-state index in [2.05, 4.69) is 186 Å². The summed E-state index contributed by atoms with van der Waals surface area (Å²) in [4.78, 5) is 7.60. The molecule has 10 rings (SSSR count). The van der Waals surface area contributed by atoms with Crippen LogP contribution in [0.15, 0.2) is 211 Å². The van der Waals surface area contributed by atoms with Gasteiger partial charge in [-0.3, -0.25) is 4.99 Å². The van der Waals surface area contributed by atoms with E-state index in [1.165, 1.54) is 39.1 Å². The van der Waals surface area contributed by atoms with Gasteiger partial charge in [-0.25, -0.2) is 0 Å². The summed E-state index contributed by atoms with van der Waals surface area (Å²) in [5.74, 6) is 0. The number of benzene rings is 7. The lowest BCUT2D eigenvalue weighted by atomic mass is 9.65. The van der Waals surface area contributed by atoms with E-state index in [-0.39, 0.29) is 6.04 Å². The zero-order valence-corrected chi connectivity index (χ0v) is 30.9. The molecule has 2 heterocycles. The number of nitrogens with zero attached hydrogens (tertiary/aromatic N) is 2. The second-order valence-electron chi connectivity index (χ2n) is 14.5. The summed E-state index contributed by atoms with van der Waals surface area (Å²) < 4.78 is 0. The predicted molar refractivity (Wildman–Crippen MR) is 232 cm³/mol. The maximum absolute atomic E-state index is 7.05. The molecule has 0 aromatic heterocycles. The van der Waals surface area contributed by atoms with Crippen LogP contribution >= 0.6 is 0 Å². The van der Waals surface area contributed by atoms with Crippen molar-refractivity contribution in [3.8, 4) is 11.1 Å². The van der Waals surface area contributed by atoms with Crippen LogP contribution in [0.2, 0.25) is 0 Å². The molecule has 0 saturated carbocycles. The van der Waals surface area contributed by atoms with Crippen LogP contribution in [0.5, 0.6) is 0 Å². The van der Waals surface area contributed by atoms with Crippen molar-refractivity contribution in [1.82, 2.24) is 5.32 Å². The lowest BCUT2D eigenvalue weighted by Gasteiger charge is -2.46. The number of para-hydroxylation sites is 3. The summed E-state index contributed by atoms with van der Waals surface area (Å²) in [5, 5.41) is 3.90. The van der Waals surface area contributed by atoms with Crippen molar-refractivity contribution in [2.45, 2.75) is 11.5 Å². The minimum Gasteiger partial charge on any atom is -0.383 e. The molecule has 1 unspecified atom stereocenters. The molecule has 4 nitrogen and oxygen atoms in total. The van der Waals surface area contributed by atoms with Gasteiger partial charge in [0.1, 0.15) is 0 Å². The number of nitrogens with two attached hydrogens (primary N) is 1. The smallest absolute Gasteiger partial charge is 0.0901 e. The number of hydrogen-bond acceptors (Lipinski definition) is 4. The van der Waals surface area contributed by atoms with Gasteiger partial charge in [0.05, 0.1) is 28.5 Å². The monoisotopic (exact) mass is 720 g/mol. The van der Waals surface area contributed by atoms with E-state index in [9.17, 15) is 0 Å². The van der Waals surface area contributed by atoms with E-state index in [4.69, 9.17) is 10.7 Å². The molecule has 0 radical (unpaired) electrons. The molecule has 0 saturated heterocycles. The van der Waals surface area contributed by atoms with E-state index >= 15 is 0 Å². The summed E-state index contributed by atoms with van der Waals surface area (Å²) in [6.45, 7) is 0.763. The topological polar surface area (TPSA) is 53.6 Å². The lowest BCUT2D eigenvalue weighted by molar-refractivity contribution is 0.658. The van der Waals surface area contributed by atoms with Crippen molar-refractivity contribution in [3.05, 3.63) is 245 Å². The van der Waals surface area contributed by atoms with Gasteiger partial charge in [-0.2, -0.15) is 0 Å². The molecule has 7 aromatic carbocycles. The summed E-state index contributed by atoms with van der Waals surface area (Å²) in [5.41, 5.74) is 23.5. The Kier molecular flexibility index (Phi) is 8.39. The first-order chi connectivity index (χ1) is 27.7. The predicted octanol–water partition coefficient (Wildman–Crippen LogP) is 11.5. The van der Waals surface area contributed by atoms with Gasteiger partial charge < -0.3 is 16.0 Å². The van der Waals surface area contributed by atoms with Gasteiger partial charge in [0.2, 0.25) is 0 Å². The number of hydrogen-bond donors (Lipinski definition) is 2. The molecular weight excluding hydrogens is 681 g/mol. The van der Waals surface area contributed by atoms with Gasteiger partial charge in [-0.15, -0.1) is 0 Å². The number of nitrogens with one attached hydrogen (secondary N) is 1. The van der Waals surface area contributed by atoms with Gasteiger partial charge in [0, 0.05) is 35.3 Å². The summed E-state index contributed by atoms with van der Waals surface area (Å²) in [7, 11) is 0. The standard InChI is InChI=1S/C52H40N4/c53-47(39-28-26-38(27-29-39)37-17-6-2-7-18-37)34-48(55-35-36-15-4-1-5-16-36)40-30-31-42-43-21-14-32-54-51(43)52(46(42)33-40)44-22-10-12-24-49(44)56(41-19-8-3-9-20-41)50-25-13-11-23-45(50)52/h1-31,33-35,47,54H,32,53H2/b48-34-,55-35+. The number of rotatable bonds is 7. The zero-order valence-electron chi connectivity index (χ0n) is 30.9. The van der Waals surface area contributed by atoms with E-state index in [0.29, 0.717) is 0 Å². The van der Waals surface area contributed by atoms with Gasteiger partial charge in [0.15, 0.2) is 0 Å². The second-order valence-corrected chi connectivity index (χ2v) is 14.5. The Morgan fingerprint density at radius 1 is 0.643 bits per heavy atom. The molecular formula is C52H40N4. The Labute approximate surface area is 328 Å². The molecule has 3 aliphatic rings. The van der Waals surface area contributed by atoms with Gasteiger partial charge in [-0.05, 0) is 80.9 Å². The third kappa shape index (κ3) is 5.54. The quantitative estimate of drug-likeness (QED) is 0.161. The number of allylic oxidation sites excluding steroid dienone is 3. The third-order valence-corrected chi connectivity index (χ3v) is 11.3. The van der Waals surface area contributed by atoms with Crippen LogP contribution in [0.25, 0.3) is 22.4 Å². The molecule has 7 aromatic rings. The van der Waals surface area contributed by atoms with Crippen molar-refractivity contribution in [2.75, 3.05) is 11.4 Å². The molecule has 1 aliphatic carbocycles. The Hall–Kier alpha value is -7.01.